The van der Waals surface area contributed by atoms with E-state index >= 15 is 0 Å². The Hall–Kier alpha value is -3.03. The molecule has 29 heavy (non-hydrogen) atoms. The highest BCUT2D eigenvalue weighted by atomic mass is 16.5. The van der Waals surface area contributed by atoms with Gasteiger partial charge in [0.1, 0.15) is 0 Å². The number of anilines is 1. The Bertz CT molecular complexity index is 1060. The van der Waals surface area contributed by atoms with Crippen LogP contribution in [0.2, 0.25) is 0 Å². The van der Waals surface area contributed by atoms with Crippen LogP contribution in [0.1, 0.15) is 12.0 Å². The van der Waals surface area contributed by atoms with Crippen molar-refractivity contribution in [2.24, 2.45) is 0 Å². The SMILES string of the molecule is O=C(CCn1ncc(=O)c2ccccc21)Nc1ccccc1CN1CCOCC1. The molecule has 2 aromatic carbocycles. The lowest BCUT2D eigenvalue weighted by molar-refractivity contribution is -0.116. The molecule has 4 rings (SSSR count). The monoisotopic (exact) mass is 392 g/mol. The lowest BCUT2D eigenvalue weighted by atomic mass is 10.1. The number of morpholine rings is 1. The van der Waals surface area contributed by atoms with Crippen LogP contribution < -0.4 is 10.7 Å². The molecule has 1 aliphatic rings. The van der Waals surface area contributed by atoms with E-state index in [9.17, 15) is 9.59 Å². The fourth-order valence-corrected chi connectivity index (χ4v) is 3.54. The Morgan fingerprint density at radius 3 is 2.69 bits per heavy atom. The highest BCUT2D eigenvalue weighted by Gasteiger charge is 2.14. The fourth-order valence-electron chi connectivity index (χ4n) is 3.54. The number of rotatable bonds is 6. The minimum atomic E-state index is -0.113. The summed E-state index contributed by atoms with van der Waals surface area (Å²) >= 11 is 0. The molecule has 0 atom stereocenters. The predicted octanol–water partition coefficient (Wildman–Crippen LogP) is 2.26. The van der Waals surface area contributed by atoms with E-state index in [0.29, 0.717) is 11.9 Å². The van der Waals surface area contributed by atoms with Crippen molar-refractivity contribution >= 4 is 22.5 Å². The molecule has 0 saturated carbocycles. The zero-order valence-corrected chi connectivity index (χ0v) is 16.2. The summed E-state index contributed by atoms with van der Waals surface area (Å²) in [6.45, 7) is 4.47. The molecule has 150 valence electrons. The second-order valence-electron chi connectivity index (χ2n) is 7.09. The molecule has 1 N–H and O–H groups in total. The smallest absolute Gasteiger partial charge is 0.226 e. The first-order valence-corrected chi connectivity index (χ1v) is 9.83. The number of benzene rings is 2. The average Bonchev–Trinajstić information content (AvgIpc) is 2.76. The first-order chi connectivity index (χ1) is 14.2. The minimum absolute atomic E-state index is 0.0796. The van der Waals surface area contributed by atoms with Crippen molar-refractivity contribution in [3.63, 3.8) is 0 Å². The molecule has 0 radical (unpaired) electrons. The maximum absolute atomic E-state index is 12.6. The number of nitrogens with one attached hydrogen (secondary N) is 1. The van der Waals surface area contributed by atoms with Crippen LogP contribution in [0.25, 0.3) is 10.9 Å². The van der Waals surface area contributed by atoms with Gasteiger partial charge in [-0.2, -0.15) is 5.10 Å². The Balaban J connectivity index is 1.42. The van der Waals surface area contributed by atoms with Crippen LogP contribution in [0.15, 0.2) is 59.5 Å². The topological polar surface area (TPSA) is 76.5 Å². The summed E-state index contributed by atoms with van der Waals surface area (Å²) in [6, 6.07) is 15.2. The zero-order chi connectivity index (χ0) is 20.1. The largest absolute Gasteiger partial charge is 0.379 e. The van der Waals surface area contributed by atoms with Gasteiger partial charge in [0, 0.05) is 37.1 Å². The number of aryl methyl sites for hydroxylation is 1. The van der Waals surface area contributed by atoms with E-state index in [1.165, 1.54) is 6.20 Å². The van der Waals surface area contributed by atoms with Gasteiger partial charge in [0.25, 0.3) is 0 Å². The number of hydrogen-bond donors (Lipinski definition) is 1. The van der Waals surface area contributed by atoms with Crippen molar-refractivity contribution in [3.05, 3.63) is 70.5 Å². The van der Waals surface area contributed by atoms with E-state index in [2.05, 4.69) is 15.3 Å². The Morgan fingerprint density at radius 2 is 1.83 bits per heavy atom. The molecule has 1 saturated heterocycles. The number of para-hydroxylation sites is 2. The fraction of sp³-hybridized carbons (Fsp3) is 0.318. The minimum Gasteiger partial charge on any atom is -0.379 e. The number of carbonyl (C=O) groups is 1. The van der Waals surface area contributed by atoms with Crippen molar-refractivity contribution in [2.45, 2.75) is 19.5 Å². The quantitative estimate of drug-likeness (QED) is 0.696. The normalized spacial score (nSPS) is 14.8. The van der Waals surface area contributed by atoms with Crippen LogP contribution in [0, 0.1) is 0 Å². The number of hydrogen-bond acceptors (Lipinski definition) is 5. The van der Waals surface area contributed by atoms with Crippen molar-refractivity contribution in [2.75, 3.05) is 31.6 Å². The first-order valence-electron chi connectivity index (χ1n) is 9.83. The predicted molar refractivity (Wildman–Crippen MR) is 112 cm³/mol. The molecule has 7 nitrogen and oxygen atoms in total. The van der Waals surface area contributed by atoms with E-state index in [-0.39, 0.29) is 17.8 Å². The number of fused-ring (bicyclic) bond motifs is 1. The van der Waals surface area contributed by atoms with Crippen molar-refractivity contribution in [3.8, 4) is 0 Å². The molecule has 1 amide bonds. The van der Waals surface area contributed by atoms with E-state index in [1.807, 2.05) is 42.5 Å². The van der Waals surface area contributed by atoms with E-state index in [1.54, 1.807) is 10.7 Å². The number of aromatic nitrogens is 2. The van der Waals surface area contributed by atoms with Gasteiger partial charge in [-0.25, -0.2) is 0 Å². The third kappa shape index (κ3) is 4.70. The number of ether oxygens (including phenoxy) is 1. The van der Waals surface area contributed by atoms with Gasteiger partial charge in [0.05, 0.1) is 31.5 Å². The Kier molecular flexibility index (Phi) is 5.97. The highest BCUT2D eigenvalue weighted by Crippen LogP contribution is 2.18. The van der Waals surface area contributed by atoms with E-state index in [4.69, 9.17) is 4.74 Å². The second-order valence-corrected chi connectivity index (χ2v) is 7.09. The lowest BCUT2D eigenvalue weighted by Gasteiger charge is -2.27. The zero-order valence-electron chi connectivity index (χ0n) is 16.2. The van der Waals surface area contributed by atoms with Crippen molar-refractivity contribution in [1.82, 2.24) is 14.7 Å². The van der Waals surface area contributed by atoms with Gasteiger partial charge in [-0.05, 0) is 23.8 Å². The summed E-state index contributed by atoms with van der Waals surface area (Å²) in [6.07, 6.45) is 1.57. The standard InChI is InChI=1S/C22H24N4O3/c27-21-15-23-26(20-8-4-2-6-18(20)21)10-9-22(28)24-19-7-3-1-5-17(19)16-25-11-13-29-14-12-25/h1-8,15H,9-14,16H2,(H,24,28). The average molecular weight is 392 g/mol. The van der Waals surface area contributed by atoms with Crippen LogP contribution in [0.4, 0.5) is 5.69 Å². The lowest BCUT2D eigenvalue weighted by Crippen LogP contribution is -2.35. The maximum Gasteiger partial charge on any atom is 0.226 e. The molecule has 0 unspecified atom stereocenters. The van der Waals surface area contributed by atoms with E-state index in [0.717, 1.165) is 49.6 Å². The maximum atomic E-state index is 12.6. The number of amides is 1. The summed E-state index contributed by atoms with van der Waals surface area (Å²) in [4.78, 5) is 26.9. The summed E-state index contributed by atoms with van der Waals surface area (Å²) in [5.74, 6) is -0.0796. The molecular formula is C22H24N4O3. The summed E-state index contributed by atoms with van der Waals surface area (Å²) in [5, 5.41) is 7.83. The molecule has 1 aliphatic heterocycles. The van der Waals surface area contributed by atoms with Gasteiger partial charge in [0.2, 0.25) is 11.3 Å². The van der Waals surface area contributed by atoms with Gasteiger partial charge in [-0.1, -0.05) is 30.3 Å². The van der Waals surface area contributed by atoms with Crippen LogP contribution in [-0.4, -0.2) is 46.9 Å². The van der Waals surface area contributed by atoms with Gasteiger partial charge in [-0.3, -0.25) is 19.2 Å². The third-order valence-electron chi connectivity index (χ3n) is 5.10. The van der Waals surface area contributed by atoms with Gasteiger partial charge in [-0.15, -0.1) is 0 Å². The van der Waals surface area contributed by atoms with Gasteiger partial charge in [0.15, 0.2) is 0 Å². The Morgan fingerprint density at radius 1 is 1.07 bits per heavy atom. The molecule has 3 aromatic rings. The molecule has 2 heterocycles. The molecule has 0 bridgehead atoms. The van der Waals surface area contributed by atoms with Crippen LogP contribution in [0.3, 0.4) is 0 Å². The van der Waals surface area contributed by atoms with Crippen molar-refractivity contribution < 1.29 is 9.53 Å². The first kappa shape index (κ1) is 19.3. The molecule has 1 aromatic heterocycles. The van der Waals surface area contributed by atoms with Crippen LogP contribution in [0.5, 0.6) is 0 Å². The van der Waals surface area contributed by atoms with Gasteiger partial charge >= 0.3 is 0 Å². The van der Waals surface area contributed by atoms with Gasteiger partial charge < -0.3 is 10.1 Å². The molecule has 1 fully saturated rings. The highest BCUT2D eigenvalue weighted by molar-refractivity contribution is 5.91. The van der Waals surface area contributed by atoms with E-state index < -0.39 is 0 Å². The van der Waals surface area contributed by atoms with Crippen molar-refractivity contribution in [1.29, 1.82) is 0 Å². The number of carbonyl (C=O) groups excluding carboxylic acids is 1. The summed E-state index contributed by atoms with van der Waals surface area (Å²) in [7, 11) is 0. The molecular weight excluding hydrogens is 368 g/mol. The molecule has 7 heteroatoms. The molecule has 0 spiro atoms. The third-order valence-corrected chi connectivity index (χ3v) is 5.10. The Labute approximate surface area is 168 Å². The van der Waals surface area contributed by atoms with Crippen LogP contribution in [-0.2, 0) is 22.6 Å². The summed E-state index contributed by atoms with van der Waals surface area (Å²) < 4.78 is 7.11. The van der Waals surface area contributed by atoms with Crippen LogP contribution >= 0.6 is 0 Å². The summed E-state index contributed by atoms with van der Waals surface area (Å²) in [5.41, 5.74) is 2.55. The number of nitrogens with zero attached hydrogens (tertiary/aromatic N) is 3. The second kappa shape index (κ2) is 8.98. The molecule has 0 aliphatic carbocycles.